The lowest BCUT2D eigenvalue weighted by atomic mass is 10.2. The maximum absolute atomic E-state index is 12.3. The highest BCUT2D eigenvalue weighted by Gasteiger charge is 2.18. The van der Waals surface area contributed by atoms with Crippen molar-refractivity contribution in [3.8, 4) is 0 Å². The maximum Gasteiger partial charge on any atom is 0.263 e. The van der Waals surface area contributed by atoms with Crippen LogP contribution in [0.2, 0.25) is 0 Å². The SMILES string of the molecule is CCSCC(C)NC(=O)c1sc2nc(C)ccc2c1N. The molecule has 0 fully saturated rings. The van der Waals surface area contributed by atoms with E-state index in [-0.39, 0.29) is 11.9 Å². The smallest absolute Gasteiger partial charge is 0.263 e. The first kappa shape index (κ1) is 15.1. The molecule has 0 bridgehead atoms. The Kier molecular flexibility index (Phi) is 4.88. The van der Waals surface area contributed by atoms with E-state index in [1.54, 1.807) is 0 Å². The maximum atomic E-state index is 12.3. The Hall–Kier alpha value is -1.27. The molecule has 1 atom stereocenters. The van der Waals surface area contributed by atoms with Crippen molar-refractivity contribution in [2.45, 2.75) is 26.8 Å². The summed E-state index contributed by atoms with van der Waals surface area (Å²) < 4.78 is 0. The van der Waals surface area contributed by atoms with Crippen LogP contribution in [0.5, 0.6) is 0 Å². The summed E-state index contributed by atoms with van der Waals surface area (Å²) in [6.45, 7) is 6.04. The molecule has 2 aromatic rings. The van der Waals surface area contributed by atoms with E-state index < -0.39 is 0 Å². The standard InChI is InChI=1S/C14H19N3OS2/c1-4-19-7-9(3)16-13(18)12-11(15)10-6-5-8(2)17-14(10)20-12/h5-6,9H,4,7,15H2,1-3H3,(H,16,18). The van der Waals surface area contributed by atoms with Crippen LogP contribution in [0.25, 0.3) is 10.2 Å². The molecular formula is C14H19N3OS2. The molecule has 0 aliphatic carbocycles. The number of nitrogen functional groups attached to an aromatic ring is 1. The number of hydrogen-bond acceptors (Lipinski definition) is 5. The van der Waals surface area contributed by atoms with E-state index in [9.17, 15) is 4.79 Å². The molecule has 0 aliphatic heterocycles. The van der Waals surface area contributed by atoms with E-state index in [0.717, 1.165) is 27.4 Å². The molecule has 0 saturated carbocycles. The summed E-state index contributed by atoms with van der Waals surface area (Å²) in [5.74, 6) is 1.85. The molecule has 2 rings (SSSR count). The third kappa shape index (κ3) is 3.24. The largest absolute Gasteiger partial charge is 0.397 e. The molecule has 0 aromatic carbocycles. The molecule has 108 valence electrons. The summed E-state index contributed by atoms with van der Waals surface area (Å²) in [7, 11) is 0. The zero-order valence-electron chi connectivity index (χ0n) is 11.9. The number of hydrogen-bond donors (Lipinski definition) is 2. The van der Waals surface area contributed by atoms with E-state index in [1.807, 2.05) is 37.7 Å². The number of aryl methyl sites for hydroxylation is 1. The van der Waals surface area contributed by atoms with Gasteiger partial charge in [-0.2, -0.15) is 11.8 Å². The summed E-state index contributed by atoms with van der Waals surface area (Å²) >= 11 is 3.17. The lowest BCUT2D eigenvalue weighted by Crippen LogP contribution is -2.34. The number of aromatic nitrogens is 1. The van der Waals surface area contributed by atoms with Gasteiger partial charge in [-0.15, -0.1) is 11.3 Å². The fraction of sp³-hybridized carbons (Fsp3) is 0.429. The van der Waals surface area contributed by atoms with Crippen molar-refractivity contribution < 1.29 is 4.79 Å². The number of pyridine rings is 1. The number of amides is 1. The van der Waals surface area contributed by atoms with E-state index in [4.69, 9.17) is 5.73 Å². The van der Waals surface area contributed by atoms with Gasteiger partial charge < -0.3 is 11.1 Å². The third-order valence-electron chi connectivity index (χ3n) is 2.89. The van der Waals surface area contributed by atoms with Gasteiger partial charge in [-0.3, -0.25) is 4.79 Å². The van der Waals surface area contributed by atoms with Crippen LogP contribution in [0.15, 0.2) is 12.1 Å². The first-order valence-electron chi connectivity index (χ1n) is 6.57. The number of fused-ring (bicyclic) bond motifs is 1. The summed E-state index contributed by atoms with van der Waals surface area (Å²) in [6, 6.07) is 3.97. The van der Waals surface area contributed by atoms with Gasteiger partial charge >= 0.3 is 0 Å². The van der Waals surface area contributed by atoms with Crippen molar-refractivity contribution >= 4 is 44.9 Å². The zero-order valence-corrected chi connectivity index (χ0v) is 13.5. The zero-order chi connectivity index (χ0) is 14.7. The van der Waals surface area contributed by atoms with Gasteiger partial charge in [-0.25, -0.2) is 4.98 Å². The number of nitrogens with zero attached hydrogens (tertiary/aromatic N) is 1. The van der Waals surface area contributed by atoms with Crippen LogP contribution in [0.1, 0.15) is 29.2 Å². The van der Waals surface area contributed by atoms with Crippen molar-refractivity contribution in [2.75, 3.05) is 17.2 Å². The third-order valence-corrected chi connectivity index (χ3v) is 5.15. The number of nitrogens with two attached hydrogens (primary N) is 1. The number of rotatable bonds is 5. The predicted octanol–water partition coefficient (Wildman–Crippen LogP) is 3.06. The Morgan fingerprint density at radius 3 is 3.00 bits per heavy atom. The van der Waals surface area contributed by atoms with Crippen LogP contribution < -0.4 is 11.1 Å². The second-order valence-corrected chi connectivity index (χ2v) is 7.00. The van der Waals surface area contributed by atoms with Crippen LogP contribution in [0.3, 0.4) is 0 Å². The predicted molar refractivity (Wildman–Crippen MR) is 88.7 cm³/mol. The highest BCUT2D eigenvalue weighted by Crippen LogP contribution is 2.32. The topological polar surface area (TPSA) is 68.0 Å². The number of carbonyl (C=O) groups is 1. The van der Waals surface area contributed by atoms with E-state index in [0.29, 0.717) is 10.6 Å². The van der Waals surface area contributed by atoms with Crippen LogP contribution >= 0.6 is 23.1 Å². The second-order valence-electron chi connectivity index (χ2n) is 4.68. The van der Waals surface area contributed by atoms with Crippen LogP contribution in [0, 0.1) is 6.92 Å². The molecule has 0 saturated heterocycles. The number of nitrogens with one attached hydrogen (secondary N) is 1. The Morgan fingerprint density at radius 2 is 2.30 bits per heavy atom. The number of anilines is 1. The van der Waals surface area contributed by atoms with Crippen molar-refractivity contribution in [1.29, 1.82) is 0 Å². The highest BCUT2D eigenvalue weighted by molar-refractivity contribution is 7.99. The van der Waals surface area contributed by atoms with Crippen molar-refractivity contribution in [3.63, 3.8) is 0 Å². The quantitative estimate of drug-likeness (QED) is 0.890. The number of thioether (sulfide) groups is 1. The monoisotopic (exact) mass is 309 g/mol. The van der Waals surface area contributed by atoms with Crippen molar-refractivity contribution in [3.05, 3.63) is 22.7 Å². The Balaban J connectivity index is 2.20. The minimum absolute atomic E-state index is 0.104. The Bertz CT molecular complexity index is 624. The Labute approximate surface area is 127 Å². The van der Waals surface area contributed by atoms with Crippen LogP contribution in [-0.2, 0) is 0 Å². The van der Waals surface area contributed by atoms with Crippen LogP contribution in [0.4, 0.5) is 5.69 Å². The minimum Gasteiger partial charge on any atom is -0.397 e. The van der Waals surface area contributed by atoms with Gasteiger partial charge in [0.2, 0.25) is 0 Å². The van der Waals surface area contributed by atoms with Gasteiger partial charge in [-0.1, -0.05) is 6.92 Å². The molecule has 0 radical (unpaired) electrons. The van der Waals surface area contributed by atoms with Gasteiger partial charge in [-0.05, 0) is 31.7 Å². The molecule has 4 nitrogen and oxygen atoms in total. The van der Waals surface area contributed by atoms with Gasteiger partial charge in [0.25, 0.3) is 5.91 Å². The average Bonchev–Trinajstić information content (AvgIpc) is 2.73. The van der Waals surface area contributed by atoms with Gasteiger partial charge in [0.15, 0.2) is 0 Å². The molecule has 20 heavy (non-hydrogen) atoms. The molecule has 6 heteroatoms. The molecule has 1 amide bonds. The number of thiophene rings is 1. The number of carbonyl (C=O) groups excluding carboxylic acids is 1. The summed E-state index contributed by atoms with van der Waals surface area (Å²) in [5, 5.41) is 3.85. The molecule has 2 heterocycles. The minimum atomic E-state index is -0.104. The van der Waals surface area contributed by atoms with Gasteiger partial charge in [0, 0.05) is 22.9 Å². The molecular weight excluding hydrogens is 290 g/mol. The highest BCUT2D eigenvalue weighted by atomic mass is 32.2. The molecule has 3 N–H and O–H groups in total. The Morgan fingerprint density at radius 1 is 1.55 bits per heavy atom. The first-order valence-corrected chi connectivity index (χ1v) is 8.54. The summed E-state index contributed by atoms with van der Waals surface area (Å²) in [5.41, 5.74) is 7.53. The van der Waals surface area contributed by atoms with Crippen molar-refractivity contribution in [1.82, 2.24) is 10.3 Å². The van der Waals surface area contributed by atoms with Gasteiger partial charge in [0.05, 0.1) is 5.69 Å². The van der Waals surface area contributed by atoms with Gasteiger partial charge in [0.1, 0.15) is 9.71 Å². The van der Waals surface area contributed by atoms with E-state index in [2.05, 4.69) is 17.2 Å². The molecule has 2 aromatic heterocycles. The summed E-state index contributed by atoms with van der Waals surface area (Å²) in [6.07, 6.45) is 0. The normalized spacial score (nSPS) is 12.6. The fourth-order valence-electron chi connectivity index (χ4n) is 1.88. The van der Waals surface area contributed by atoms with E-state index >= 15 is 0 Å². The first-order chi connectivity index (χ1) is 9.52. The molecule has 1 unspecified atom stereocenters. The van der Waals surface area contributed by atoms with E-state index in [1.165, 1.54) is 11.3 Å². The molecule has 0 aliphatic rings. The summed E-state index contributed by atoms with van der Waals surface area (Å²) in [4.78, 5) is 18.1. The fourth-order valence-corrected chi connectivity index (χ4v) is 3.60. The lowest BCUT2D eigenvalue weighted by Gasteiger charge is -2.12. The van der Waals surface area contributed by atoms with Crippen molar-refractivity contribution in [2.24, 2.45) is 0 Å². The average molecular weight is 309 g/mol. The molecule has 0 spiro atoms. The lowest BCUT2D eigenvalue weighted by molar-refractivity contribution is 0.0948. The van der Waals surface area contributed by atoms with Crippen LogP contribution in [-0.4, -0.2) is 28.4 Å². The second kappa shape index (κ2) is 6.45.